The maximum absolute atomic E-state index is 12.4. The summed E-state index contributed by atoms with van der Waals surface area (Å²) in [6.07, 6.45) is -3.03. The lowest BCUT2D eigenvalue weighted by Crippen LogP contribution is -2.14. The lowest BCUT2D eigenvalue weighted by Gasteiger charge is -2.17. The fourth-order valence-corrected chi connectivity index (χ4v) is 4.01. The Morgan fingerprint density at radius 2 is 1.72 bits per heavy atom. The summed E-state index contributed by atoms with van der Waals surface area (Å²) in [5.41, 5.74) is 0.381. The molecule has 1 heterocycles. The normalized spacial score (nSPS) is 24.3. The van der Waals surface area contributed by atoms with Gasteiger partial charge in [0, 0.05) is 11.5 Å². The number of alkyl halides is 2. The highest BCUT2D eigenvalue weighted by Crippen LogP contribution is 2.32. The van der Waals surface area contributed by atoms with E-state index < -0.39 is 22.4 Å². The summed E-state index contributed by atoms with van der Waals surface area (Å²) >= 11 is 0. The van der Waals surface area contributed by atoms with Crippen LogP contribution in [0.15, 0.2) is 24.3 Å². The van der Waals surface area contributed by atoms with Crippen LogP contribution in [0.1, 0.15) is 30.1 Å². The second kappa shape index (κ2) is 4.93. The first-order valence-electron chi connectivity index (χ1n) is 5.65. The van der Waals surface area contributed by atoms with Crippen LogP contribution >= 0.6 is 0 Å². The molecule has 2 atom stereocenters. The van der Waals surface area contributed by atoms with E-state index in [1.54, 1.807) is 0 Å². The van der Waals surface area contributed by atoms with Crippen molar-refractivity contribution in [1.29, 1.82) is 0 Å². The minimum Gasteiger partial charge on any atom is -0.388 e. The van der Waals surface area contributed by atoms with E-state index in [4.69, 9.17) is 0 Å². The highest BCUT2D eigenvalue weighted by Gasteiger charge is 2.33. The molecule has 18 heavy (non-hydrogen) atoms. The molecule has 0 spiro atoms. The monoisotopic (exact) mass is 276 g/mol. The van der Waals surface area contributed by atoms with Crippen molar-refractivity contribution in [2.75, 3.05) is 11.5 Å². The molecule has 0 amide bonds. The van der Waals surface area contributed by atoms with Crippen LogP contribution in [0.2, 0.25) is 0 Å². The van der Waals surface area contributed by atoms with Crippen LogP contribution in [0, 0.1) is 5.92 Å². The molecule has 0 radical (unpaired) electrons. The van der Waals surface area contributed by atoms with Gasteiger partial charge in [0.1, 0.15) is 0 Å². The third-order valence-corrected chi connectivity index (χ3v) is 5.04. The first-order valence-corrected chi connectivity index (χ1v) is 7.48. The lowest BCUT2D eigenvalue weighted by molar-refractivity contribution is 0.120. The molecule has 100 valence electrons. The van der Waals surface area contributed by atoms with Crippen LogP contribution in [0.4, 0.5) is 8.78 Å². The quantitative estimate of drug-likeness (QED) is 0.919. The van der Waals surface area contributed by atoms with Crippen molar-refractivity contribution in [3.8, 4) is 0 Å². The molecule has 1 aliphatic rings. The molecule has 1 aliphatic heterocycles. The van der Waals surface area contributed by atoms with Crippen LogP contribution in [0.3, 0.4) is 0 Å². The third-order valence-electron chi connectivity index (χ3n) is 3.24. The number of rotatable bonds is 3. The molecule has 1 N–H and O–H groups in total. The first kappa shape index (κ1) is 13.4. The lowest BCUT2D eigenvalue weighted by atomic mass is 9.95. The van der Waals surface area contributed by atoms with E-state index in [2.05, 4.69) is 0 Å². The number of aliphatic hydroxyl groups is 1. The van der Waals surface area contributed by atoms with E-state index >= 15 is 0 Å². The Labute approximate surface area is 104 Å². The molecular weight excluding hydrogens is 262 g/mol. The minimum atomic E-state index is -3.05. The highest BCUT2D eigenvalue weighted by molar-refractivity contribution is 7.91. The Hall–Kier alpha value is -1.01. The standard InChI is InChI=1S/C12H14F2O3S/c13-12(14)9-3-1-8(2-4-9)11(15)10-5-6-18(16,17)7-10/h1-4,10-12,15H,5-7H2. The fourth-order valence-electron chi connectivity index (χ4n) is 2.18. The van der Waals surface area contributed by atoms with Crippen molar-refractivity contribution in [2.24, 2.45) is 5.92 Å². The zero-order chi connectivity index (χ0) is 13.3. The Balaban J connectivity index is 2.12. The molecule has 0 bridgehead atoms. The summed E-state index contributed by atoms with van der Waals surface area (Å²) in [4.78, 5) is 0. The van der Waals surface area contributed by atoms with Gasteiger partial charge in [-0.15, -0.1) is 0 Å². The summed E-state index contributed by atoms with van der Waals surface area (Å²) < 4.78 is 47.3. The Morgan fingerprint density at radius 1 is 1.17 bits per heavy atom. The minimum absolute atomic E-state index is 0.0369. The topological polar surface area (TPSA) is 54.4 Å². The number of hydrogen-bond acceptors (Lipinski definition) is 3. The predicted octanol–water partition coefficient (Wildman–Crippen LogP) is 2.09. The second-order valence-electron chi connectivity index (χ2n) is 4.58. The smallest absolute Gasteiger partial charge is 0.263 e. The summed E-state index contributed by atoms with van der Waals surface area (Å²) in [6, 6.07) is 5.37. The Kier molecular flexibility index (Phi) is 3.68. The maximum Gasteiger partial charge on any atom is 0.263 e. The molecule has 2 unspecified atom stereocenters. The van der Waals surface area contributed by atoms with E-state index in [0.29, 0.717) is 12.0 Å². The molecule has 6 heteroatoms. The molecule has 0 saturated carbocycles. The van der Waals surface area contributed by atoms with Gasteiger partial charge in [0.2, 0.25) is 0 Å². The zero-order valence-corrected chi connectivity index (χ0v) is 10.4. The molecular formula is C12H14F2O3S. The van der Waals surface area contributed by atoms with Gasteiger partial charge in [0.05, 0.1) is 17.6 Å². The third kappa shape index (κ3) is 2.87. The average Bonchev–Trinajstić information content (AvgIpc) is 2.69. The van der Waals surface area contributed by atoms with E-state index in [9.17, 15) is 22.3 Å². The van der Waals surface area contributed by atoms with Crippen LogP contribution in [0.25, 0.3) is 0 Å². The molecule has 3 nitrogen and oxygen atoms in total. The molecule has 0 aromatic heterocycles. The average molecular weight is 276 g/mol. The SMILES string of the molecule is O=S1(=O)CCC(C(O)c2ccc(C(F)F)cc2)C1. The van der Waals surface area contributed by atoms with Crippen LogP contribution in [-0.4, -0.2) is 25.0 Å². The van der Waals surface area contributed by atoms with Gasteiger partial charge >= 0.3 is 0 Å². The van der Waals surface area contributed by atoms with Crippen LogP contribution in [-0.2, 0) is 9.84 Å². The number of hydrogen-bond donors (Lipinski definition) is 1. The maximum atomic E-state index is 12.4. The van der Waals surface area contributed by atoms with Crippen molar-refractivity contribution < 1.29 is 22.3 Å². The van der Waals surface area contributed by atoms with E-state index in [1.165, 1.54) is 24.3 Å². The first-order chi connectivity index (χ1) is 8.39. The van der Waals surface area contributed by atoms with Crippen LogP contribution < -0.4 is 0 Å². The second-order valence-corrected chi connectivity index (χ2v) is 6.80. The summed E-state index contributed by atoms with van der Waals surface area (Å²) in [6.45, 7) is 0. The number of benzene rings is 1. The van der Waals surface area contributed by atoms with Crippen molar-refractivity contribution >= 4 is 9.84 Å². The van der Waals surface area contributed by atoms with Crippen LogP contribution in [0.5, 0.6) is 0 Å². The number of halogens is 2. The molecule has 1 aromatic rings. The summed E-state index contributed by atoms with van der Waals surface area (Å²) in [5, 5.41) is 10.0. The van der Waals surface area contributed by atoms with Gasteiger partial charge in [0.25, 0.3) is 6.43 Å². The Morgan fingerprint density at radius 3 is 2.17 bits per heavy atom. The highest BCUT2D eigenvalue weighted by atomic mass is 32.2. The molecule has 0 aliphatic carbocycles. The van der Waals surface area contributed by atoms with Gasteiger partial charge < -0.3 is 5.11 Å². The van der Waals surface area contributed by atoms with Gasteiger partial charge in [-0.05, 0) is 12.0 Å². The number of sulfone groups is 1. The number of aliphatic hydroxyl groups excluding tert-OH is 1. The molecule has 1 aromatic carbocycles. The van der Waals surface area contributed by atoms with Crippen molar-refractivity contribution in [3.05, 3.63) is 35.4 Å². The van der Waals surface area contributed by atoms with Gasteiger partial charge in [-0.25, -0.2) is 17.2 Å². The molecule has 1 saturated heterocycles. The summed E-state index contributed by atoms with van der Waals surface area (Å²) in [7, 11) is -3.05. The largest absolute Gasteiger partial charge is 0.388 e. The predicted molar refractivity (Wildman–Crippen MR) is 63.1 cm³/mol. The summed E-state index contributed by atoms with van der Waals surface area (Å²) in [5.74, 6) is -0.290. The van der Waals surface area contributed by atoms with Gasteiger partial charge in [-0.1, -0.05) is 24.3 Å². The van der Waals surface area contributed by atoms with Gasteiger partial charge in [-0.2, -0.15) is 0 Å². The van der Waals surface area contributed by atoms with E-state index in [0.717, 1.165) is 0 Å². The van der Waals surface area contributed by atoms with E-state index in [1.807, 2.05) is 0 Å². The van der Waals surface area contributed by atoms with Crippen molar-refractivity contribution in [1.82, 2.24) is 0 Å². The fraction of sp³-hybridized carbons (Fsp3) is 0.500. The van der Waals surface area contributed by atoms with Crippen molar-refractivity contribution in [2.45, 2.75) is 19.0 Å². The molecule has 1 fully saturated rings. The van der Waals surface area contributed by atoms with Crippen molar-refractivity contribution in [3.63, 3.8) is 0 Å². The zero-order valence-electron chi connectivity index (χ0n) is 9.59. The Bertz CT molecular complexity index is 511. The van der Waals surface area contributed by atoms with Gasteiger partial charge in [0.15, 0.2) is 9.84 Å². The molecule has 2 rings (SSSR count). The van der Waals surface area contributed by atoms with Gasteiger partial charge in [-0.3, -0.25) is 0 Å². The van der Waals surface area contributed by atoms with E-state index in [-0.39, 0.29) is 23.0 Å².